The molecule has 9 heteroatoms. The number of aromatic nitrogens is 1. The van der Waals surface area contributed by atoms with Crippen molar-refractivity contribution in [3.05, 3.63) is 89.2 Å². The first-order chi connectivity index (χ1) is 13.2. The quantitative estimate of drug-likeness (QED) is 0.567. The van der Waals surface area contributed by atoms with Gasteiger partial charge >= 0.3 is 6.18 Å². The number of benzene rings is 2. The minimum absolute atomic E-state index is 0.185. The van der Waals surface area contributed by atoms with Gasteiger partial charge in [0.05, 0.1) is 22.7 Å². The molecule has 0 spiro atoms. The third-order valence-corrected chi connectivity index (χ3v) is 6.01. The topological polar surface area (TPSA) is 50.3 Å². The molecule has 0 atom stereocenters. The van der Waals surface area contributed by atoms with E-state index in [1.165, 1.54) is 42.7 Å². The highest BCUT2D eigenvalue weighted by molar-refractivity contribution is 7.92. The average Bonchev–Trinajstić information content (AvgIpc) is 2.67. The van der Waals surface area contributed by atoms with E-state index in [-0.39, 0.29) is 12.2 Å². The Bertz CT molecular complexity index is 1060. The molecule has 146 valence electrons. The summed E-state index contributed by atoms with van der Waals surface area (Å²) in [6, 6.07) is 13.2. The SMILES string of the molecule is O=S(=O)(c1ccccc1C(F)(F)F)N(Cc1cccnc1)c1ccc(Cl)cc1. The summed E-state index contributed by atoms with van der Waals surface area (Å²) in [5.41, 5.74) is -0.518. The van der Waals surface area contributed by atoms with E-state index >= 15 is 0 Å². The molecule has 0 N–H and O–H groups in total. The van der Waals surface area contributed by atoms with Crippen LogP contribution in [-0.4, -0.2) is 13.4 Å². The molecule has 28 heavy (non-hydrogen) atoms. The number of alkyl halides is 3. The molecule has 1 aromatic heterocycles. The molecule has 4 nitrogen and oxygen atoms in total. The Balaban J connectivity index is 2.16. The Hall–Kier alpha value is -2.58. The molecule has 2 aromatic carbocycles. The summed E-state index contributed by atoms with van der Waals surface area (Å²) in [7, 11) is -4.54. The van der Waals surface area contributed by atoms with Gasteiger partial charge in [0.25, 0.3) is 10.0 Å². The Kier molecular flexibility index (Phi) is 5.62. The van der Waals surface area contributed by atoms with E-state index in [4.69, 9.17) is 11.6 Å². The molecule has 0 radical (unpaired) electrons. The van der Waals surface area contributed by atoms with Crippen molar-refractivity contribution in [2.24, 2.45) is 0 Å². The van der Waals surface area contributed by atoms with Crippen LogP contribution < -0.4 is 4.31 Å². The van der Waals surface area contributed by atoms with Gasteiger partial charge in [0.1, 0.15) is 0 Å². The van der Waals surface area contributed by atoms with E-state index in [1.807, 2.05) is 0 Å². The van der Waals surface area contributed by atoms with E-state index in [9.17, 15) is 21.6 Å². The number of hydrogen-bond acceptors (Lipinski definition) is 3. The summed E-state index contributed by atoms with van der Waals surface area (Å²) < 4.78 is 67.7. The van der Waals surface area contributed by atoms with Gasteiger partial charge in [0, 0.05) is 17.4 Å². The maximum Gasteiger partial charge on any atom is 0.417 e. The van der Waals surface area contributed by atoms with Gasteiger partial charge in [-0.15, -0.1) is 0 Å². The van der Waals surface area contributed by atoms with Gasteiger partial charge in [-0.25, -0.2) is 8.42 Å². The molecule has 0 unspecified atom stereocenters. The smallest absolute Gasteiger partial charge is 0.264 e. The van der Waals surface area contributed by atoms with Crippen LogP contribution in [0.2, 0.25) is 5.02 Å². The van der Waals surface area contributed by atoms with Crippen LogP contribution in [-0.2, 0) is 22.7 Å². The molecule has 0 fully saturated rings. The van der Waals surface area contributed by atoms with Crippen molar-refractivity contribution in [1.29, 1.82) is 0 Å². The maximum absolute atomic E-state index is 13.4. The molecule has 1 heterocycles. The fraction of sp³-hybridized carbons (Fsp3) is 0.105. The number of halogens is 4. The Morgan fingerprint density at radius 1 is 0.964 bits per heavy atom. The number of hydrogen-bond donors (Lipinski definition) is 0. The lowest BCUT2D eigenvalue weighted by atomic mass is 10.2. The Morgan fingerprint density at radius 3 is 2.25 bits per heavy atom. The zero-order valence-corrected chi connectivity index (χ0v) is 15.8. The van der Waals surface area contributed by atoms with Crippen LogP contribution in [0.15, 0.2) is 78.0 Å². The highest BCUT2D eigenvalue weighted by atomic mass is 35.5. The summed E-state index contributed by atoms with van der Waals surface area (Å²) in [5, 5.41) is 0.373. The molecule has 0 amide bonds. The summed E-state index contributed by atoms with van der Waals surface area (Å²) >= 11 is 5.87. The van der Waals surface area contributed by atoms with Crippen molar-refractivity contribution in [2.45, 2.75) is 17.6 Å². The van der Waals surface area contributed by atoms with E-state index in [0.29, 0.717) is 10.6 Å². The molecule has 0 aliphatic carbocycles. The lowest BCUT2D eigenvalue weighted by molar-refractivity contribution is -0.139. The van der Waals surface area contributed by atoms with Crippen molar-refractivity contribution in [1.82, 2.24) is 4.98 Å². The van der Waals surface area contributed by atoms with Gasteiger partial charge in [0.2, 0.25) is 0 Å². The number of sulfonamides is 1. The first-order valence-corrected chi connectivity index (χ1v) is 9.85. The monoisotopic (exact) mass is 426 g/mol. The van der Waals surface area contributed by atoms with E-state index in [1.54, 1.807) is 12.1 Å². The molecule has 0 aliphatic heterocycles. The number of anilines is 1. The minimum atomic E-state index is -4.82. The van der Waals surface area contributed by atoms with Crippen molar-refractivity contribution in [3.63, 3.8) is 0 Å². The predicted molar refractivity (Wildman–Crippen MR) is 101 cm³/mol. The zero-order chi connectivity index (χ0) is 20.4. The van der Waals surface area contributed by atoms with Crippen LogP contribution in [0.25, 0.3) is 0 Å². The predicted octanol–water partition coefficient (Wildman–Crippen LogP) is 5.15. The van der Waals surface area contributed by atoms with Crippen molar-refractivity contribution in [2.75, 3.05) is 4.31 Å². The number of nitrogens with zero attached hydrogens (tertiary/aromatic N) is 2. The first-order valence-electron chi connectivity index (χ1n) is 8.03. The van der Waals surface area contributed by atoms with Gasteiger partial charge in [-0.05, 0) is 48.0 Å². The number of rotatable bonds is 5. The number of pyridine rings is 1. The van der Waals surface area contributed by atoms with Crippen LogP contribution in [0.4, 0.5) is 18.9 Å². The summed E-state index contributed by atoms with van der Waals surface area (Å²) in [5.74, 6) is 0. The maximum atomic E-state index is 13.4. The first kappa shape index (κ1) is 20.2. The molecule has 0 saturated heterocycles. The second-order valence-corrected chi connectivity index (χ2v) is 8.11. The Labute approximate surface area is 165 Å². The van der Waals surface area contributed by atoms with Gasteiger partial charge in [-0.1, -0.05) is 29.8 Å². The molecule has 0 bridgehead atoms. The molecular formula is C19H14ClF3N2O2S. The average molecular weight is 427 g/mol. The van der Waals surface area contributed by atoms with Gasteiger partial charge in [-0.3, -0.25) is 9.29 Å². The zero-order valence-electron chi connectivity index (χ0n) is 14.3. The normalized spacial score (nSPS) is 12.0. The van der Waals surface area contributed by atoms with E-state index in [0.717, 1.165) is 22.5 Å². The fourth-order valence-electron chi connectivity index (χ4n) is 2.62. The third kappa shape index (κ3) is 4.28. The highest BCUT2D eigenvalue weighted by Gasteiger charge is 2.39. The third-order valence-electron chi connectivity index (χ3n) is 3.92. The van der Waals surface area contributed by atoms with Crippen molar-refractivity contribution < 1.29 is 21.6 Å². The van der Waals surface area contributed by atoms with Crippen LogP contribution in [0.1, 0.15) is 11.1 Å². The summed E-state index contributed by atoms with van der Waals surface area (Å²) in [6.45, 7) is -0.190. The summed E-state index contributed by atoms with van der Waals surface area (Å²) in [4.78, 5) is 3.12. The highest BCUT2D eigenvalue weighted by Crippen LogP contribution is 2.36. The van der Waals surface area contributed by atoms with Gasteiger partial charge < -0.3 is 0 Å². The van der Waals surface area contributed by atoms with Crippen LogP contribution >= 0.6 is 11.6 Å². The second-order valence-electron chi connectivity index (χ2n) is 5.84. The standard InChI is InChI=1S/C19H14ClF3N2O2S/c20-15-7-9-16(10-8-15)25(13-14-4-3-11-24-12-14)28(26,27)18-6-2-1-5-17(18)19(21,22)23/h1-12H,13H2. The van der Waals surface area contributed by atoms with Gasteiger partial charge in [0.15, 0.2) is 0 Å². The molecule has 0 saturated carbocycles. The Morgan fingerprint density at radius 2 is 1.64 bits per heavy atom. The van der Waals surface area contributed by atoms with Crippen molar-refractivity contribution >= 4 is 27.3 Å². The molecule has 0 aliphatic rings. The summed E-state index contributed by atoms with van der Waals surface area (Å²) in [6.07, 6.45) is -1.85. The molecular weight excluding hydrogens is 413 g/mol. The van der Waals surface area contributed by atoms with Crippen LogP contribution in [0.3, 0.4) is 0 Å². The lowest BCUT2D eigenvalue weighted by Gasteiger charge is -2.26. The second kappa shape index (κ2) is 7.81. The van der Waals surface area contributed by atoms with Crippen LogP contribution in [0.5, 0.6) is 0 Å². The van der Waals surface area contributed by atoms with Crippen molar-refractivity contribution in [3.8, 4) is 0 Å². The fourth-order valence-corrected chi connectivity index (χ4v) is 4.42. The largest absolute Gasteiger partial charge is 0.417 e. The van der Waals surface area contributed by atoms with Crippen LogP contribution in [0, 0.1) is 0 Å². The van der Waals surface area contributed by atoms with E-state index in [2.05, 4.69) is 4.98 Å². The lowest BCUT2D eigenvalue weighted by Crippen LogP contribution is -2.32. The molecule has 3 rings (SSSR count). The molecule has 3 aromatic rings. The minimum Gasteiger partial charge on any atom is -0.264 e. The van der Waals surface area contributed by atoms with E-state index < -0.39 is 26.7 Å². The van der Waals surface area contributed by atoms with Gasteiger partial charge in [-0.2, -0.15) is 13.2 Å².